The third-order valence-corrected chi connectivity index (χ3v) is 5.49. The number of hydrogen-bond donors (Lipinski definition) is 2. The standard InChI is InChI=1S/C20H27N3O4S/c1-3-5-6-13(4-2)11-21-18(24)7-8-23-19(25)14-9-16-17(27-12-26-16)10-15(14)22-20(23)28/h9-10,13H,3-8,11-12H2,1-2H3,(H,21,24)(H,22,28)/t13-/m1/s1. The van der Waals surface area contributed by atoms with Crippen LogP contribution in [0.2, 0.25) is 0 Å². The van der Waals surface area contributed by atoms with Crippen molar-refractivity contribution in [3.63, 3.8) is 0 Å². The molecule has 0 fully saturated rings. The van der Waals surface area contributed by atoms with Gasteiger partial charge in [-0.25, -0.2) is 0 Å². The van der Waals surface area contributed by atoms with Crippen LogP contribution >= 0.6 is 12.2 Å². The quantitative estimate of drug-likeness (QED) is 0.624. The van der Waals surface area contributed by atoms with Crippen LogP contribution in [-0.4, -0.2) is 28.8 Å². The molecule has 1 aliphatic rings. The number of rotatable bonds is 9. The van der Waals surface area contributed by atoms with Crippen molar-refractivity contribution < 1.29 is 14.3 Å². The molecule has 0 bridgehead atoms. The Hall–Kier alpha value is -2.35. The van der Waals surface area contributed by atoms with Gasteiger partial charge in [0, 0.05) is 25.6 Å². The number of carbonyl (C=O) groups is 1. The van der Waals surface area contributed by atoms with E-state index < -0.39 is 0 Å². The van der Waals surface area contributed by atoms with E-state index in [1.807, 2.05) is 0 Å². The van der Waals surface area contributed by atoms with E-state index in [0.29, 0.717) is 39.6 Å². The van der Waals surface area contributed by atoms with Crippen LogP contribution in [0.4, 0.5) is 0 Å². The number of H-pyrrole nitrogens is 1. The summed E-state index contributed by atoms with van der Waals surface area (Å²) in [6.45, 7) is 5.36. The number of fused-ring (bicyclic) bond motifs is 2. The highest BCUT2D eigenvalue weighted by atomic mass is 32.1. The molecule has 1 aromatic heterocycles. The van der Waals surface area contributed by atoms with Crippen LogP contribution in [-0.2, 0) is 11.3 Å². The Morgan fingerprint density at radius 3 is 2.79 bits per heavy atom. The lowest BCUT2D eigenvalue weighted by molar-refractivity contribution is -0.121. The number of nitrogens with zero attached hydrogens (tertiary/aromatic N) is 1. The van der Waals surface area contributed by atoms with Gasteiger partial charge in [-0.2, -0.15) is 0 Å². The van der Waals surface area contributed by atoms with E-state index in [2.05, 4.69) is 24.1 Å². The lowest BCUT2D eigenvalue weighted by Crippen LogP contribution is -2.31. The molecule has 2 heterocycles. The topological polar surface area (TPSA) is 85.4 Å². The van der Waals surface area contributed by atoms with Crippen molar-refractivity contribution in [1.29, 1.82) is 0 Å². The van der Waals surface area contributed by atoms with Gasteiger partial charge in [-0.15, -0.1) is 0 Å². The second-order valence-corrected chi connectivity index (χ2v) is 7.50. The highest BCUT2D eigenvalue weighted by Crippen LogP contribution is 2.34. The van der Waals surface area contributed by atoms with Crippen molar-refractivity contribution in [3.05, 3.63) is 27.3 Å². The molecule has 2 N–H and O–H groups in total. The molecule has 0 unspecified atom stereocenters. The lowest BCUT2D eigenvalue weighted by atomic mass is 9.99. The number of amides is 1. The Morgan fingerprint density at radius 2 is 2.07 bits per heavy atom. The minimum Gasteiger partial charge on any atom is -0.454 e. The Kier molecular flexibility index (Phi) is 6.72. The van der Waals surface area contributed by atoms with Gasteiger partial charge in [-0.1, -0.05) is 33.1 Å². The van der Waals surface area contributed by atoms with Crippen LogP contribution in [0, 0.1) is 10.7 Å². The molecule has 8 heteroatoms. The third kappa shape index (κ3) is 4.55. The molecule has 28 heavy (non-hydrogen) atoms. The fourth-order valence-electron chi connectivity index (χ4n) is 3.35. The van der Waals surface area contributed by atoms with Gasteiger partial charge in [-0.05, 0) is 30.6 Å². The summed E-state index contributed by atoms with van der Waals surface area (Å²) in [6.07, 6.45) is 4.71. The van der Waals surface area contributed by atoms with E-state index in [4.69, 9.17) is 21.7 Å². The van der Waals surface area contributed by atoms with E-state index >= 15 is 0 Å². The third-order valence-electron chi connectivity index (χ3n) is 5.17. The van der Waals surface area contributed by atoms with Gasteiger partial charge in [0.25, 0.3) is 5.56 Å². The van der Waals surface area contributed by atoms with Crippen LogP contribution in [0.5, 0.6) is 11.5 Å². The smallest absolute Gasteiger partial charge is 0.262 e. The monoisotopic (exact) mass is 405 g/mol. The van der Waals surface area contributed by atoms with Crippen molar-refractivity contribution in [2.24, 2.45) is 5.92 Å². The second-order valence-electron chi connectivity index (χ2n) is 7.11. The number of aromatic nitrogens is 2. The van der Waals surface area contributed by atoms with Crippen molar-refractivity contribution in [1.82, 2.24) is 14.9 Å². The normalized spacial score (nSPS) is 13.6. The first-order chi connectivity index (χ1) is 13.5. The first-order valence-corrected chi connectivity index (χ1v) is 10.3. The van der Waals surface area contributed by atoms with Gasteiger partial charge in [0.05, 0.1) is 10.9 Å². The van der Waals surface area contributed by atoms with E-state index in [0.717, 1.165) is 19.3 Å². The zero-order valence-corrected chi connectivity index (χ0v) is 17.2. The first kappa shape index (κ1) is 20.4. The Bertz CT molecular complexity index is 966. The predicted molar refractivity (Wildman–Crippen MR) is 110 cm³/mol. The van der Waals surface area contributed by atoms with Crippen molar-refractivity contribution >= 4 is 29.0 Å². The zero-order chi connectivity index (χ0) is 20.1. The molecular formula is C20H27N3O4S. The molecule has 7 nitrogen and oxygen atoms in total. The second kappa shape index (κ2) is 9.23. The summed E-state index contributed by atoms with van der Waals surface area (Å²) in [5.41, 5.74) is 0.362. The van der Waals surface area contributed by atoms with Crippen molar-refractivity contribution in [2.45, 2.75) is 52.5 Å². The average Bonchev–Trinajstić information content (AvgIpc) is 3.14. The number of hydrogen-bond acceptors (Lipinski definition) is 5. The van der Waals surface area contributed by atoms with Crippen LogP contribution in [0.1, 0.15) is 46.0 Å². The fraction of sp³-hybridized carbons (Fsp3) is 0.550. The average molecular weight is 406 g/mol. The van der Waals surface area contributed by atoms with Gasteiger partial charge in [0.1, 0.15) is 0 Å². The van der Waals surface area contributed by atoms with Crippen LogP contribution < -0.4 is 20.3 Å². The van der Waals surface area contributed by atoms with Crippen LogP contribution in [0.3, 0.4) is 0 Å². The van der Waals surface area contributed by atoms with Gasteiger partial charge in [0.2, 0.25) is 12.7 Å². The fourth-order valence-corrected chi connectivity index (χ4v) is 3.63. The van der Waals surface area contributed by atoms with Gasteiger partial charge in [-0.3, -0.25) is 14.2 Å². The van der Waals surface area contributed by atoms with Gasteiger partial charge in [0.15, 0.2) is 16.3 Å². The molecule has 1 atom stereocenters. The first-order valence-electron chi connectivity index (χ1n) is 9.86. The molecule has 0 saturated carbocycles. The number of ether oxygens (including phenoxy) is 2. The zero-order valence-electron chi connectivity index (χ0n) is 16.4. The van der Waals surface area contributed by atoms with E-state index in [1.54, 1.807) is 12.1 Å². The Morgan fingerprint density at radius 1 is 1.32 bits per heavy atom. The Balaban J connectivity index is 1.67. The number of aromatic amines is 1. The maximum Gasteiger partial charge on any atom is 0.262 e. The summed E-state index contributed by atoms with van der Waals surface area (Å²) in [6, 6.07) is 3.37. The lowest BCUT2D eigenvalue weighted by Gasteiger charge is -2.15. The Labute approximate surface area is 169 Å². The predicted octanol–water partition coefficient (Wildman–Crippen LogP) is 3.51. The van der Waals surface area contributed by atoms with Crippen molar-refractivity contribution in [2.75, 3.05) is 13.3 Å². The molecular weight excluding hydrogens is 378 g/mol. The molecule has 3 rings (SSSR count). The summed E-state index contributed by atoms with van der Waals surface area (Å²) in [5, 5.41) is 3.45. The molecule has 0 aliphatic carbocycles. The molecule has 1 aliphatic heterocycles. The minimum atomic E-state index is -0.237. The molecule has 1 aromatic carbocycles. The van der Waals surface area contributed by atoms with E-state index in [-0.39, 0.29) is 31.2 Å². The van der Waals surface area contributed by atoms with Gasteiger partial charge >= 0.3 is 0 Å². The van der Waals surface area contributed by atoms with Crippen molar-refractivity contribution in [3.8, 4) is 11.5 Å². The minimum absolute atomic E-state index is 0.0676. The number of benzene rings is 1. The summed E-state index contributed by atoms with van der Waals surface area (Å²) < 4.78 is 12.4. The highest BCUT2D eigenvalue weighted by molar-refractivity contribution is 7.71. The molecule has 0 radical (unpaired) electrons. The molecule has 1 amide bonds. The molecule has 152 valence electrons. The largest absolute Gasteiger partial charge is 0.454 e. The van der Waals surface area contributed by atoms with Crippen LogP contribution in [0.25, 0.3) is 10.9 Å². The van der Waals surface area contributed by atoms with E-state index in [1.165, 1.54) is 11.0 Å². The SMILES string of the molecule is CCCC[C@@H](CC)CNC(=O)CCn1c(=S)[nH]c2cc3c(cc2c1=O)OCO3. The summed E-state index contributed by atoms with van der Waals surface area (Å²) in [5.74, 6) is 1.56. The number of unbranched alkanes of at least 4 members (excludes halogenated alkanes) is 1. The molecule has 2 aromatic rings. The van der Waals surface area contributed by atoms with Crippen LogP contribution in [0.15, 0.2) is 16.9 Å². The van der Waals surface area contributed by atoms with E-state index in [9.17, 15) is 9.59 Å². The maximum atomic E-state index is 12.8. The maximum absolute atomic E-state index is 12.8. The number of nitrogens with one attached hydrogen (secondary N) is 2. The molecule has 0 spiro atoms. The molecule has 0 saturated heterocycles. The summed E-state index contributed by atoms with van der Waals surface area (Å²) >= 11 is 5.32. The highest BCUT2D eigenvalue weighted by Gasteiger charge is 2.17. The summed E-state index contributed by atoms with van der Waals surface area (Å²) in [4.78, 5) is 28.1. The summed E-state index contributed by atoms with van der Waals surface area (Å²) in [7, 11) is 0. The number of carbonyl (C=O) groups excluding carboxylic acids is 1. The van der Waals surface area contributed by atoms with Gasteiger partial charge < -0.3 is 19.8 Å².